The fraction of sp³-hybridized carbons (Fsp3) is 1.00. The Kier molecular flexibility index (Phi) is 7.45. The van der Waals surface area contributed by atoms with Gasteiger partial charge in [0.2, 0.25) is 0 Å². The van der Waals surface area contributed by atoms with Crippen LogP contribution in [-0.4, -0.2) is 38.0 Å². The third kappa shape index (κ3) is 6.58. The van der Waals surface area contributed by atoms with Gasteiger partial charge in [-0.15, -0.1) is 0 Å². The minimum Gasteiger partial charge on any atom is -0.395 e. The van der Waals surface area contributed by atoms with E-state index in [0.29, 0.717) is 5.92 Å². The minimum atomic E-state index is 0.207. The first kappa shape index (κ1) is 11.9. The van der Waals surface area contributed by atoms with Crippen LogP contribution >= 0.6 is 0 Å². The molecular weight excluding hydrogens is 154 g/mol. The predicted molar refractivity (Wildman–Crippen MR) is 50.2 cm³/mol. The molecule has 0 aliphatic heterocycles. The van der Waals surface area contributed by atoms with Crippen molar-refractivity contribution in [3.05, 3.63) is 0 Å². The molecule has 0 aromatic heterocycles. The van der Waals surface area contributed by atoms with Crippen LogP contribution in [0.4, 0.5) is 0 Å². The number of aliphatic hydroxyl groups is 1. The number of methoxy groups -OCH3 is 1. The summed E-state index contributed by atoms with van der Waals surface area (Å²) in [7, 11) is 1.72. The molecule has 0 aliphatic rings. The van der Waals surface area contributed by atoms with Gasteiger partial charge in [0, 0.05) is 19.8 Å². The molecule has 0 amide bonds. The Morgan fingerprint density at radius 1 is 1.42 bits per heavy atom. The predicted octanol–water partition coefficient (Wildman–Crippen LogP) is 0.629. The average Bonchev–Trinajstić information content (AvgIpc) is 2.04. The van der Waals surface area contributed by atoms with E-state index < -0.39 is 0 Å². The van der Waals surface area contributed by atoms with E-state index in [0.717, 1.165) is 19.6 Å². The highest BCUT2D eigenvalue weighted by Crippen LogP contribution is 2.00. The molecule has 2 unspecified atom stereocenters. The van der Waals surface area contributed by atoms with Crippen LogP contribution in [0.3, 0.4) is 0 Å². The summed E-state index contributed by atoms with van der Waals surface area (Å²) in [6.07, 6.45) is 1.10. The number of rotatable bonds is 7. The van der Waals surface area contributed by atoms with Gasteiger partial charge in [-0.2, -0.15) is 0 Å². The molecule has 74 valence electrons. The summed E-state index contributed by atoms with van der Waals surface area (Å²) >= 11 is 0. The van der Waals surface area contributed by atoms with Crippen LogP contribution in [-0.2, 0) is 4.74 Å². The molecule has 3 nitrogen and oxygen atoms in total. The van der Waals surface area contributed by atoms with Crippen molar-refractivity contribution in [2.24, 2.45) is 5.92 Å². The second kappa shape index (κ2) is 7.53. The number of hydrogen-bond donors (Lipinski definition) is 2. The van der Waals surface area contributed by atoms with Gasteiger partial charge in [-0.25, -0.2) is 0 Å². The van der Waals surface area contributed by atoms with E-state index in [1.165, 1.54) is 0 Å². The van der Waals surface area contributed by atoms with Crippen molar-refractivity contribution in [3.63, 3.8) is 0 Å². The van der Waals surface area contributed by atoms with Crippen LogP contribution in [0.1, 0.15) is 20.3 Å². The molecular formula is C9H21NO2. The molecule has 12 heavy (non-hydrogen) atoms. The molecule has 0 spiro atoms. The first-order valence-corrected chi connectivity index (χ1v) is 4.53. The molecule has 0 saturated heterocycles. The highest BCUT2D eigenvalue weighted by Gasteiger charge is 2.02. The Balaban J connectivity index is 3.18. The van der Waals surface area contributed by atoms with Crippen molar-refractivity contribution in [2.45, 2.75) is 26.3 Å². The van der Waals surface area contributed by atoms with Gasteiger partial charge in [-0.1, -0.05) is 6.92 Å². The van der Waals surface area contributed by atoms with E-state index in [4.69, 9.17) is 9.84 Å². The van der Waals surface area contributed by atoms with Gasteiger partial charge in [-0.05, 0) is 25.8 Å². The summed E-state index contributed by atoms with van der Waals surface area (Å²) < 4.78 is 5.01. The molecule has 0 radical (unpaired) electrons. The van der Waals surface area contributed by atoms with Crippen molar-refractivity contribution in [3.8, 4) is 0 Å². The quantitative estimate of drug-likeness (QED) is 0.596. The normalized spacial score (nSPS) is 16.0. The Bertz CT molecular complexity index is 98.5. The van der Waals surface area contributed by atoms with Crippen LogP contribution in [0.2, 0.25) is 0 Å². The molecule has 0 aromatic rings. The number of nitrogens with one attached hydrogen (secondary N) is 1. The Hall–Kier alpha value is -0.120. The van der Waals surface area contributed by atoms with Crippen LogP contribution in [0.15, 0.2) is 0 Å². The molecule has 0 heterocycles. The highest BCUT2D eigenvalue weighted by atomic mass is 16.5. The van der Waals surface area contributed by atoms with Gasteiger partial charge in [-0.3, -0.25) is 0 Å². The van der Waals surface area contributed by atoms with Crippen molar-refractivity contribution >= 4 is 0 Å². The second-order valence-corrected chi connectivity index (χ2v) is 3.39. The summed E-state index contributed by atoms with van der Waals surface area (Å²) in [6, 6.07) is 0.208. The van der Waals surface area contributed by atoms with E-state index in [2.05, 4.69) is 12.2 Å². The number of ether oxygens (including phenoxy) is 1. The van der Waals surface area contributed by atoms with Crippen LogP contribution < -0.4 is 5.32 Å². The van der Waals surface area contributed by atoms with Crippen LogP contribution in [0.25, 0.3) is 0 Å². The molecule has 0 bridgehead atoms. The van der Waals surface area contributed by atoms with Gasteiger partial charge in [0.15, 0.2) is 0 Å². The molecule has 0 rings (SSSR count). The van der Waals surface area contributed by atoms with Crippen molar-refractivity contribution in [1.82, 2.24) is 5.32 Å². The Labute approximate surface area is 75.1 Å². The maximum Gasteiger partial charge on any atom is 0.0581 e. The largest absolute Gasteiger partial charge is 0.395 e. The zero-order valence-corrected chi connectivity index (χ0v) is 8.34. The van der Waals surface area contributed by atoms with E-state index in [-0.39, 0.29) is 12.6 Å². The molecule has 0 aliphatic carbocycles. The Morgan fingerprint density at radius 2 is 2.08 bits per heavy atom. The summed E-state index contributed by atoms with van der Waals surface area (Å²) in [4.78, 5) is 0. The third-order valence-electron chi connectivity index (χ3n) is 1.85. The van der Waals surface area contributed by atoms with Crippen molar-refractivity contribution < 1.29 is 9.84 Å². The first-order valence-electron chi connectivity index (χ1n) is 4.53. The topological polar surface area (TPSA) is 41.5 Å². The summed E-state index contributed by atoms with van der Waals surface area (Å²) in [5.74, 6) is 0.591. The average molecular weight is 175 g/mol. The molecule has 0 aromatic carbocycles. The first-order chi connectivity index (χ1) is 5.70. The smallest absolute Gasteiger partial charge is 0.0581 e. The molecule has 3 heteroatoms. The van der Waals surface area contributed by atoms with Gasteiger partial charge in [0.1, 0.15) is 0 Å². The number of hydrogen-bond acceptors (Lipinski definition) is 3. The Morgan fingerprint density at radius 3 is 2.58 bits per heavy atom. The van der Waals surface area contributed by atoms with Crippen LogP contribution in [0, 0.1) is 5.92 Å². The second-order valence-electron chi connectivity index (χ2n) is 3.39. The summed E-state index contributed by atoms with van der Waals surface area (Å²) in [6.45, 7) is 6.11. The van der Waals surface area contributed by atoms with E-state index in [1.807, 2.05) is 6.92 Å². The van der Waals surface area contributed by atoms with Gasteiger partial charge < -0.3 is 15.2 Å². The molecule has 0 saturated carbocycles. The lowest BCUT2D eigenvalue weighted by Crippen LogP contribution is -2.31. The maximum absolute atomic E-state index is 8.72. The van der Waals surface area contributed by atoms with Gasteiger partial charge >= 0.3 is 0 Å². The van der Waals surface area contributed by atoms with E-state index in [9.17, 15) is 0 Å². The lowest BCUT2D eigenvalue weighted by molar-refractivity contribution is 0.154. The standard InChI is InChI=1S/C9H21NO2/c1-8(7-12-3)4-5-10-9(2)6-11/h8-11H,4-7H2,1-3H3. The monoisotopic (exact) mass is 175 g/mol. The fourth-order valence-electron chi connectivity index (χ4n) is 1.01. The van der Waals surface area contributed by atoms with Crippen molar-refractivity contribution in [1.29, 1.82) is 0 Å². The van der Waals surface area contributed by atoms with Crippen molar-refractivity contribution in [2.75, 3.05) is 26.9 Å². The third-order valence-corrected chi connectivity index (χ3v) is 1.85. The fourth-order valence-corrected chi connectivity index (χ4v) is 1.01. The highest BCUT2D eigenvalue weighted by molar-refractivity contribution is 4.60. The van der Waals surface area contributed by atoms with E-state index >= 15 is 0 Å². The van der Waals surface area contributed by atoms with Gasteiger partial charge in [0.05, 0.1) is 6.61 Å². The summed E-state index contributed by atoms with van der Waals surface area (Å²) in [5.41, 5.74) is 0. The lowest BCUT2D eigenvalue weighted by atomic mass is 10.1. The zero-order valence-electron chi connectivity index (χ0n) is 8.34. The number of aliphatic hydroxyl groups excluding tert-OH is 1. The SMILES string of the molecule is COCC(C)CCNC(C)CO. The minimum absolute atomic E-state index is 0.207. The maximum atomic E-state index is 8.72. The molecule has 0 fully saturated rings. The van der Waals surface area contributed by atoms with Crippen LogP contribution in [0.5, 0.6) is 0 Å². The van der Waals surface area contributed by atoms with Gasteiger partial charge in [0.25, 0.3) is 0 Å². The zero-order chi connectivity index (χ0) is 9.40. The molecule has 2 N–H and O–H groups in total. The summed E-state index contributed by atoms with van der Waals surface area (Å²) in [5, 5.41) is 11.9. The lowest BCUT2D eigenvalue weighted by Gasteiger charge is -2.13. The molecule has 2 atom stereocenters. The van der Waals surface area contributed by atoms with E-state index in [1.54, 1.807) is 7.11 Å².